The van der Waals surface area contributed by atoms with E-state index in [1.807, 2.05) is 41.4 Å². The molecule has 2 aliphatic heterocycles. The summed E-state index contributed by atoms with van der Waals surface area (Å²) >= 11 is 0. The number of alkyl halides is 3. The van der Waals surface area contributed by atoms with E-state index in [-0.39, 0.29) is 30.4 Å². The number of carbonyl (C=O) groups is 1. The largest absolute Gasteiger partial charge is 0.432 e. The van der Waals surface area contributed by atoms with Gasteiger partial charge in [0.2, 0.25) is 5.91 Å². The van der Waals surface area contributed by atoms with Crippen LogP contribution in [0.4, 0.5) is 13.2 Å². The zero-order chi connectivity index (χ0) is 21.6. The van der Waals surface area contributed by atoms with Gasteiger partial charge < -0.3 is 9.88 Å². The number of nitrogens with zero attached hydrogens (tertiary/aromatic N) is 5. The Labute approximate surface area is 176 Å². The zero-order valence-electron chi connectivity index (χ0n) is 16.6. The standard InChI is InChI=1S/C21H21F3N6O/c22-21(23,24)18-11-25-19(27-18)13-28-9-6-16-17(28)10-20(31)29(16)12-14-2-4-15(5-3-14)30-8-1-7-26-30/h1-5,7-8,11,16-17H,6,9-10,12-13H2,(H,25,27)/t16-,17-/m0/s1. The van der Waals surface area contributed by atoms with Crippen LogP contribution in [0.1, 0.15) is 29.9 Å². The van der Waals surface area contributed by atoms with Gasteiger partial charge in [-0.25, -0.2) is 9.67 Å². The van der Waals surface area contributed by atoms with E-state index in [1.54, 1.807) is 10.9 Å². The molecular weight excluding hydrogens is 409 g/mol. The number of carbonyl (C=O) groups excluding carboxylic acids is 1. The smallest absolute Gasteiger partial charge is 0.337 e. The van der Waals surface area contributed by atoms with Gasteiger partial charge in [0.1, 0.15) is 11.5 Å². The Bertz CT molecular complexity index is 1060. The number of hydrogen-bond donors (Lipinski definition) is 1. The van der Waals surface area contributed by atoms with Crippen molar-refractivity contribution >= 4 is 5.91 Å². The van der Waals surface area contributed by atoms with Gasteiger partial charge in [-0.3, -0.25) is 9.69 Å². The van der Waals surface area contributed by atoms with Gasteiger partial charge in [0.25, 0.3) is 0 Å². The quantitative estimate of drug-likeness (QED) is 0.676. The topological polar surface area (TPSA) is 70.1 Å². The molecule has 10 heteroatoms. The Hall–Kier alpha value is -3.14. The van der Waals surface area contributed by atoms with Crippen molar-refractivity contribution in [2.45, 2.75) is 44.2 Å². The Kier molecular flexibility index (Phi) is 4.81. The SMILES string of the molecule is O=C1C[C@H]2[C@H](CCN2Cc2ncc(C(F)(F)F)[nH]2)N1Cc1ccc(-n2cccn2)cc1. The highest BCUT2D eigenvalue weighted by Gasteiger charge is 2.46. The summed E-state index contributed by atoms with van der Waals surface area (Å²) in [5.74, 6) is 0.347. The van der Waals surface area contributed by atoms with Crippen LogP contribution in [0.2, 0.25) is 0 Å². The van der Waals surface area contributed by atoms with E-state index >= 15 is 0 Å². The van der Waals surface area contributed by atoms with E-state index < -0.39 is 11.9 Å². The summed E-state index contributed by atoms with van der Waals surface area (Å²) < 4.78 is 40.2. The minimum atomic E-state index is -4.44. The van der Waals surface area contributed by atoms with Crippen molar-refractivity contribution in [2.75, 3.05) is 6.54 Å². The zero-order valence-corrected chi connectivity index (χ0v) is 16.6. The lowest BCUT2D eigenvalue weighted by atomic mass is 10.1. The summed E-state index contributed by atoms with van der Waals surface area (Å²) in [5.41, 5.74) is 1.13. The molecule has 2 aliphatic rings. The summed E-state index contributed by atoms with van der Waals surface area (Å²) in [7, 11) is 0. The first-order valence-corrected chi connectivity index (χ1v) is 10.1. The summed E-state index contributed by atoms with van der Waals surface area (Å²) in [4.78, 5) is 22.9. The van der Waals surface area contributed by atoms with Crippen molar-refractivity contribution < 1.29 is 18.0 Å². The van der Waals surface area contributed by atoms with Crippen molar-refractivity contribution in [1.29, 1.82) is 0 Å². The van der Waals surface area contributed by atoms with Crippen molar-refractivity contribution in [1.82, 2.24) is 29.5 Å². The number of fused-ring (bicyclic) bond motifs is 1. The van der Waals surface area contributed by atoms with Crippen LogP contribution >= 0.6 is 0 Å². The highest BCUT2D eigenvalue weighted by atomic mass is 19.4. The van der Waals surface area contributed by atoms with Gasteiger partial charge >= 0.3 is 6.18 Å². The number of rotatable bonds is 5. The van der Waals surface area contributed by atoms with Crippen LogP contribution in [0.25, 0.3) is 5.69 Å². The Morgan fingerprint density at radius 1 is 1.13 bits per heavy atom. The number of nitrogens with one attached hydrogen (secondary N) is 1. The van der Waals surface area contributed by atoms with Crippen LogP contribution in [0.5, 0.6) is 0 Å². The van der Waals surface area contributed by atoms with Crippen molar-refractivity contribution in [3.63, 3.8) is 0 Å². The maximum atomic E-state index is 12.8. The molecule has 0 bridgehead atoms. The normalized spacial score (nSPS) is 21.8. The molecule has 1 N–H and O–H groups in total. The lowest BCUT2D eigenvalue weighted by molar-refractivity contribution is -0.141. The van der Waals surface area contributed by atoms with E-state index in [0.717, 1.165) is 30.4 Å². The fourth-order valence-electron chi connectivity index (χ4n) is 4.56. The molecule has 0 aliphatic carbocycles. The molecule has 4 heterocycles. The number of hydrogen-bond acceptors (Lipinski definition) is 4. The van der Waals surface area contributed by atoms with Gasteiger partial charge in [0, 0.05) is 44.0 Å². The maximum Gasteiger partial charge on any atom is 0.432 e. The number of aromatic nitrogens is 4. The number of halogens is 3. The number of aromatic amines is 1. The minimum Gasteiger partial charge on any atom is -0.337 e. The predicted molar refractivity (Wildman–Crippen MR) is 105 cm³/mol. The first-order valence-electron chi connectivity index (χ1n) is 10.1. The van der Waals surface area contributed by atoms with E-state index in [2.05, 4.69) is 20.0 Å². The van der Waals surface area contributed by atoms with Gasteiger partial charge in [-0.2, -0.15) is 18.3 Å². The second-order valence-corrected chi connectivity index (χ2v) is 7.98. The van der Waals surface area contributed by atoms with E-state index in [9.17, 15) is 18.0 Å². The van der Waals surface area contributed by atoms with E-state index in [4.69, 9.17) is 0 Å². The summed E-state index contributed by atoms with van der Waals surface area (Å²) in [6.45, 7) is 1.52. The van der Waals surface area contributed by atoms with Crippen molar-refractivity contribution in [3.8, 4) is 5.69 Å². The number of H-pyrrole nitrogens is 1. The molecule has 2 atom stereocenters. The first-order chi connectivity index (χ1) is 14.9. The van der Waals surface area contributed by atoms with Crippen molar-refractivity contribution in [3.05, 3.63) is 66.0 Å². The van der Waals surface area contributed by atoms with E-state index in [0.29, 0.717) is 13.0 Å². The van der Waals surface area contributed by atoms with Crippen LogP contribution in [-0.4, -0.2) is 54.1 Å². The molecule has 1 aromatic carbocycles. The van der Waals surface area contributed by atoms with Crippen LogP contribution in [0.15, 0.2) is 48.9 Å². The second kappa shape index (κ2) is 7.52. The molecule has 31 heavy (non-hydrogen) atoms. The maximum absolute atomic E-state index is 12.8. The molecule has 0 spiro atoms. The Balaban J connectivity index is 1.25. The molecule has 3 aromatic rings. The molecule has 0 saturated carbocycles. The number of benzene rings is 1. The third-order valence-corrected chi connectivity index (χ3v) is 6.07. The van der Waals surface area contributed by atoms with Crippen LogP contribution in [0.3, 0.4) is 0 Å². The molecule has 162 valence electrons. The van der Waals surface area contributed by atoms with Crippen molar-refractivity contribution in [2.24, 2.45) is 0 Å². The fraction of sp³-hybridized carbons (Fsp3) is 0.381. The number of likely N-dealkylation sites (tertiary alicyclic amines) is 2. The Morgan fingerprint density at radius 2 is 1.94 bits per heavy atom. The molecular formula is C21H21F3N6O. The molecule has 2 saturated heterocycles. The third-order valence-electron chi connectivity index (χ3n) is 6.07. The van der Waals surface area contributed by atoms with Gasteiger partial charge in [-0.05, 0) is 30.2 Å². The third kappa shape index (κ3) is 3.83. The molecule has 2 aromatic heterocycles. The summed E-state index contributed by atoms with van der Waals surface area (Å²) in [5, 5.41) is 4.21. The number of imidazole rings is 1. The summed E-state index contributed by atoms with van der Waals surface area (Å²) in [6, 6.07) is 9.84. The second-order valence-electron chi connectivity index (χ2n) is 7.98. The van der Waals surface area contributed by atoms with Gasteiger partial charge in [0.05, 0.1) is 18.4 Å². The first kappa shape index (κ1) is 19.8. The van der Waals surface area contributed by atoms with Gasteiger partial charge in [-0.1, -0.05) is 12.1 Å². The fourth-order valence-corrected chi connectivity index (χ4v) is 4.56. The van der Waals surface area contributed by atoms with Gasteiger partial charge in [0.15, 0.2) is 0 Å². The summed E-state index contributed by atoms with van der Waals surface area (Å²) in [6.07, 6.45) is 1.15. The van der Waals surface area contributed by atoms with E-state index in [1.165, 1.54) is 0 Å². The van der Waals surface area contributed by atoms with Crippen LogP contribution < -0.4 is 0 Å². The Morgan fingerprint density at radius 3 is 2.61 bits per heavy atom. The van der Waals surface area contributed by atoms with Gasteiger partial charge in [-0.15, -0.1) is 0 Å². The monoisotopic (exact) mass is 430 g/mol. The lowest BCUT2D eigenvalue weighted by Gasteiger charge is -2.25. The molecule has 5 rings (SSSR count). The number of amides is 1. The lowest BCUT2D eigenvalue weighted by Crippen LogP contribution is -2.36. The molecule has 2 fully saturated rings. The highest BCUT2D eigenvalue weighted by molar-refractivity contribution is 5.80. The molecule has 0 unspecified atom stereocenters. The average molecular weight is 430 g/mol. The van der Waals surface area contributed by atoms with Crippen LogP contribution in [-0.2, 0) is 24.1 Å². The average Bonchev–Trinajstić information content (AvgIpc) is 3.51. The molecule has 1 amide bonds. The van der Waals surface area contributed by atoms with Crippen LogP contribution in [0, 0.1) is 0 Å². The minimum absolute atomic E-state index is 0.00437. The molecule has 7 nitrogen and oxygen atoms in total. The molecule has 0 radical (unpaired) electrons. The predicted octanol–water partition coefficient (Wildman–Crippen LogP) is 2.99. The highest BCUT2D eigenvalue weighted by Crippen LogP contribution is 2.35.